The van der Waals surface area contributed by atoms with Crippen LogP contribution in [0.1, 0.15) is 58.1 Å². The molecule has 2 heterocycles. The second-order valence-electron chi connectivity index (χ2n) is 7.14. The Kier molecular flexibility index (Phi) is 8.35. The standard InChI is InChI=1S/C20H33N3O2/c1-4-7-18(19-8-5-6-11-21-19)20(24)22-17-9-12-23(13-10-17)14-15-25-16(2)3/h5-6,8,11,16-18H,4,7,9-10,12-15H2,1-3H3,(H,22,24). The predicted octanol–water partition coefficient (Wildman–Crippen LogP) is 2.97. The van der Waals surface area contributed by atoms with E-state index in [1.807, 2.05) is 18.2 Å². The summed E-state index contributed by atoms with van der Waals surface area (Å²) in [4.78, 5) is 19.6. The first-order valence-electron chi connectivity index (χ1n) is 9.65. The minimum Gasteiger partial charge on any atom is -0.377 e. The van der Waals surface area contributed by atoms with Gasteiger partial charge in [0.15, 0.2) is 0 Å². The molecule has 140 valence electrons. The molecule has 1 aliphatic rings. The molecule has 25 heavy (non-hydrogen) atoms. The fourth-order valence-electron chi connectivity index (χ4n) is 3.30. The molecular weight excluding hydrogens is 314 g/mol. The highest BCUT2D eigenvalue weighted by Gasteiger charge is 2.25. The van der Waals surface area contributed by atoms with Crippen LogP contribution in [-0.4, -0.2) is 54.2 Å². The Hall–Kier alpha value is -1.46. The average Bonchev–Trinajstić information content (AvgIpc) is 2.61. The average molecular weight is 348 g/mol. The summed E-state index contributed by atoms with van der Waals surface area (Å²) in [5.74, 6) is -0.00851. The van der Waals surface area contributed by atoms with Crippen LogP contribution in [0, 0.1) is 0 Å². The number of likely N-dealkylation sites (tertiary alicyclic amines) is 1. The van der Waals surface area contributed by atoms with Gasteiger partial charge in [0, 0.05) is 31.9 Å². The van der Waals surface area contributed by atoms with Gasteiger partial charge < -0.3 is 15.0 Å². The van der Waals surface area contributed by atoms with Crippen LogP contribution in [0.4, 0.5) is 0 Å². The van der Waals surface area contributed by atoms with Gasteiger partial charge in [-0.1, -0.05) is 19.4 Å². The lowest BCUT2D eigenvalue weighted by atomic mass is 9.96. The third kappa shape index (κ3) is 6.75. The molecule has 1 unspecified atom stereocenters. The molecule has 1 fully saturated rings. The number of nitrogens with zero attached hydrogens (tertiary/aromatic N) is 2. The number of ether oxygens (including phenoxy) is 1. The van der Waals surface area contributed by atoms with E-state index in [1.54, 1.807) is 6.20 Å². The maximum absolute atomic E-state index is 12.7. The summed E-state index contributed by atoms with van der Waals surface area (Å²) >= 11 is 0. The number of amides is 1. The maximum atomic E-state index is 12.7. The van der Waals surface area contributed by atoms with Crippen LogP contribution < -0.4 is 5.32 Å². The van der Waals surface area contributed by atoms with E-state index >= 15 is 0 Å². The van der Waals surface area contributed by atoms with Gasteiger partial charge in [-0.3, -0.25) is 9.78 Å². The van der Waals surface area contributed by atoms with Gasteiger partial charge >= 0.3 is 0 Å². The molecule has 0 saturated carbocycles. The Morgan fingerprint density at radius 3 is 2.72 bits per heavy atom. The van der Waals surface area contributed by atoms with Gasteiger partial charge in [-0.2, -0.15) is 0 Å². The molecule has 0 radical (unpaired) electrons. The summed E-state index contributed by atoms with van der Waals surface area (Å²) in [5, 5.41) is 3.26. The van der Waals surface area contributed by atoms with Gasteiger partial charge in [0.2, 0.25) is 5.91 Å². The lowest BCUT2D eigenvalue weighted by Gasteiger charge is -2.33. The number of hydrogen-bond acceptors (Lipinski definition) is 4. The van der Waals surface area contributed by atoms with Crippen molar-refractivity contribution in [2.75, 3.05) is 26.2 Å². The number of carbonyl (C=O) groups excluding carboxylic acids is 1. The zero-order valence-corrected chi connectivity index (χ0v) is 15.9. The van der Waals surface area contributed by atoms with E-state index in [-0.39, 0.29) is 17.9 Å². The first-order chi connectivity index (χ1) is 12.1. The summed E-state index contributed by atoms with van der Waals surface area (Å²) in [6, 6.07) is 6.08. The molecule has 0 aromatic carbocycles. The highest BCUT2D eigenvalue weighted by molar-refractivity contribution is 5.83. The van der Waals surface area contributed by atoms with Crippen molar-refractivity contribution in [2.45, 2.75) is 64.5 Å². The third-order valence-corrected chi connectivity index (χ3v) is 4.73. The van der Waals surface area contributed by atoms with E-state index in [9.17, 15) is 4.79 Å². The zero-order valence-electron chi connectivity index (χ0n) is 15.9. The number of nitrogens with one attached hydrogen (secondary N) is 1. The third-order valence-electron chi connectivity index (χ3n) is 4.73. The summed E-state index contributed by atoms with van der Waals surface area (Å²) in [6.45, 7) is 10.0. The van der Waals surface area contributed by atoms with Crippen LogP contribution in [0.3, 0.4) is 0 Å². The van der Waals surface area contributed by atoms with Crippen molar-refractivity contribution in [3.8, 4) is 0 Å². The second-order valence-corrected chi connectivity index (χ2v) is 7.14. The van der Waals surface area contributed by atoms with Crippen molar-refractivity contribution in [1.29, 1.82) is 0 Å². The molecule has 1 N–H and O–H groups in total. The first kappa shape index (κ1) is 19.9. The van der Waals surface area contributed by atoms with E-state index in [0.717, 1.165) is 57.6 Å². The number of carbonyl (C=O) groups is 1. The molecule has 1 saturated heterocycles. The second kappa shape index (κ2) is 10.5. The molecule has 1 aromatic rings. The molecule has 5 heteroatoms. The minimum absolute atomic E-state index is 0.127. The summed E-state index contributed by atoms with van der Waals surface area (Å²) in [6.07, 6.45) is 5.89. The van der Waals surface area contributed by atoms with E-state index < -0.39 is 0 Å². The molecule has 1 aromatic heterocycles. The number of piperidine rings is 1. The highest BCUT2D eigenvalue weighted by atomic mass is 16.5. The fraction of sp³-hybridized carbons (Fsp3) is 0.700. The number of aromatic nitrogens is 1. The number of hydrogen-bond donors (Lipinski definition) is 1. The molecule has 0 spiro atoms. The van der Waals surface area contributed by atoms with E-state index in [1.165, 1.54) is 0 Å². The molecule has 1 aliphatic heterocycles. The highest BCUT2D eigenvalue weighted by Crippen LogP contribution is 2.20. The summed E-state index contributed by atoms with van der Waals surface area (Å²) in [5.41, 5.74) is 0.880. The summed E-state index contributed by atoms with van der Waals surface area (Å²) < 4.78 is 5.62. The van der Waals surface area contributed by atoms with E-state index in [4.69, 9.17) is 4.74 Å². The minimum atomic E-state index is -0.135. The largest absolute Gasteiger partial charge is 0.377 e. The Morgan fingerprint density at radius 1 is 1.36 bits per heavy atom. The van der Waals surface area contributed by atoms with Gasteiger partial charge in [-0.15, -0.1) is 0 Å². The normalized spacial score (nSPS) is 17.6. The van der Waals surface area contributed by atoms with E-state index in [2.05, 4.69) is 36.0 Å². The Balaban J connectivity index is 1.78. The topological polar surface area (TPSA) is 54.5 Å². The smallest absolute Gasteiger partial charge is 0.229 e. The molecule has 2 rings (SSSR count). The molecule has 1 atom stereocenters. The number of pyridine rings is 1. The molecule has 1 amide bonds. The van der Waals surface area contributed by atoms with Crippen LogP contribution in [-0.2, 0) is 9.53 Å². The van der Waals surface area contributed by atoms with Gasteiger partial charge in [0.1, 0.15) is 0 Å². The Bertz CT molecular complexity index is 499. The fourth-order valence-corrected chi connectivity index (χ4v) is 3.30. The van der Waals surface area contributed by atoms with E-state index in [0.29, 0.717) is 6.10 Å². The van der Waals surface area contributed by atoms with Crippen molar-refractivity contribution >= 4 is 5.91 Å². The first-order valence-corrected chi connectivity index (χ1v) is 9.65. The van der Waals surface area contributed by atoms with Crippen LogP contribution in [0.25, 0.3) is 0 Å². The van der Waals surface area contributed by atoms with Gasteiger partial charge in [-0.05, 0) is 45.2 Å². The summed E-state index contributed by atoms with van der Waals surface area (Å²) in [7, 11) is 0. The van der Waals surface area contributed by atoms with Crippen molar-refractivity contribution in [3.63, 3.8) is 0 Å². The lowest BCUT2D eigenvalue weighted by Crippen LogP contribution is -2.46. The van der Waals surface area contributed by atoms with Crippen molar-refractivity contribution in [1.82, 2.24) is 15.2 Å². The Labute approximate surface area is 152 Å². The van der Waals surface area contributed by atoms with Crippen LogP contribution >= 0.6 is 0 Å². The quantitative estimate of drug-likeness (QED) is 0.746. The monoisotopic (exact) mass is 347 g/mol. The van der Waals surface area contributed by atoms with Gasteiger partial charge in [0.25, 0.3) is 0 Å². The van der Waals surface area contributed by atoms with Crippen molar-refractivity contribution < 1.29 is 9.53 Å². The predicted molar refractivity (Wildman–Crippen MR) is 101 cm³/mol. The van der Waals surface area contributed by atoms with Crippen LogP contribution in [0.2, 0.25) is 0 Å². The molecule has 0 bridgehead atoms. The van der Waals surface area contributed by atoms with Gasteiger partial charge in [0.05, 0.1) is 24.3 Å². The SMILES string of the molecule is CCCC(C(=O)NC1CCN(CCOC(C)C)CC1)c1ccccn1. The van der Waals surface area contributed by atoms with Gasteiger partial charge in [-0.25, -0.2) is 0 Å². The Morgan fingerprint density at radius 2 is 2.12 bits per heavy atom. The van der Waals surface area contributed by atoms with Crippen molar-refractivity contribution in [3.05, 3.63) is 30.1 Å². The van der Waals surface area contributed by atoms with Crippen molar-refractivity contribution in [2.24, 2.45) is 0 Å². The maximum Gasteiger partial charge on any atom is 0.229 e. The van der Waals surface area contributed by atoms with Crippen LogP contribution in [0.15, 0.2) is 24.4 Å². The van der Waals surface area contributed by atoms with Crippen LogP contribution in [0.5, 0.6) is 0 Å². The molecule has 0 aliphatic carbocycles. The molecular formula is C20H33N3O2. The molecule has 5 nitrogen and oxygen atoms in total. The number of rotatable bonds is 9. The zero-order chi connectivity index (χ0) is 18.1. The lowest BCUT2D eigenvalue weighted by molar-refractivity contribution is -0.123.